The normalized spacial score (nSPS) is 16.2. The van der Waals surface area contributed by atoms with E-state index in [1.807, 2.05) is 43.3 Å². The molecular formula is C23H29F3N4O2. The first-order valence-electron chi connectivity index (χ1n) is 10.6. The Morgan fingerprint density at radius 3 is 2.34 bits per heavy atom. The lowest BCUT2D eigenvalue weighted by atomic mass is 9.95. The second kappa shape index (κ2) is 10.2. The topological polar surface area (TPSA) is 57.7 Å². The highest BCUT2D eigenvalue weighted by atomic mass is 19.4. The first kappa shape index (κ1) is 23.8. The summed E-state index contributed by atoms with van der Waals surface area (Å²) in [5.74, 6) is 1.17. The number of ether oxygens (including phenoxy) is 1. The Morgan fingerprint density at radius 2 is 1.84 bits per heavy atom. The molecule has 3 rings (SSSR count). The van der Waals surface area contributed by atoms with E-state index < -0.39 is 11.7 Å². The SMILES string of the molecule is COc1ccc([C@H](CNC(=O)C2CCN(c3ccc(C(F)(F)F)cn3)CC2)N(C)C)cc1. The smallest absolute Gasteiger partial charge is 0.417 e. The van der Waals surface area contributed by atoms with Crippen LogP contribution in [0.3, 0.4) is 0 Å². The third-order valence-electron chi connectivity index (χ3n) is 5.86. The van der Waals surface area contributed by atoms with Crippen LogP contribution in [-0.4, -0.2) is 56.6 Å². The summed E-state index contributed by atoms with van der Waals surface area (Å²) in [6.07, 6.45) is -2.28. The number of aromatic nitrogens is 1. The van der Waals surface area contributed by atoms with Crippen LogP contribution >= 0.6 is 0 Å². The summed E-state index contributed by atoms with van der Waals surface area (Å²) in [7, 11) is 5.56. The van der Waals surface area contributed by atoms with Crippen LogP contribution in [0.25, 0.3) is 0 Å². The highest BCUT2D eigenvalue weighted by molar-refractivity contribution is 5.79. The zero-order chi connectivity index (χ0) is 23.3. The average Bonchev–Trinajstić information content (AvgIpc) is 2.79. The quantitative estimate of drug-likeness (QED) is 0.697. The molecule has 1 aliphatic heterocycles. The molecule has 0 unspecified atom stereocenters. The zero-order valence-electron chi connectivity index (χ0n) is 18.5. The minimum absolute atomic E-state index is 0.00499. The van der Waals surface area contributed by atoms with E-state index >= 15 is 0 Å². The Balaban J connectivity index is 1.52. The number of benzene rings is 1. The van der Waals surface area contributed by atoms with Gasteiger partial charge in [0, 0.05) is 31.7 Å². The Kier molecular flexibility index (Phi) is 7.60. The standard InChI is InChI=1S/C23H29F3N4O2/c1-29(2)20(16-4-7-19(32-3)8-5-16)15-28-22(31)17-10-12-30(13-11-17)21-9-6-18(14-27-21)23(24,25)26/h4-9,14,17,20H,10-13,15H2,1-3H3,(H,28,31)/t20-/m0/s1. The van der Waals surface area contributed by atoms with Crippen molar-refractivity contribution in [2.75, 3.05) is 45.7 Å². The summed E-state index contributed by atoms with van der Waals surface area (Å²) < 4.78 is 43.4. The number of rotatable bonds is 7. The van der Waals surface area contributed by atoms with Crippen molar-refractivity contribution in [1.29, 1.82) is 0 Å². The van der Waals surface area contributed by atoms with Crippen LogP contribution in [0.15, 0.2) is 42.6 Å². The van der Waals surface area contributed by atoms with Crippen LogP contribution in [0.5, 0.6) is 5.75 Å². The van der Waals surface area contributed by atoms with Crippen LogP contribution in [0, 0.1) is 5.92 Å². The third-order valence-corrected chi connectivity index (χ3v) is 5.86. The molecule has 1 saturated heterocycles. The predicted molar refractivity (Wildman–Crippen MR) is 117 cm³/mol. The molecule has 0 bridgehead atoms. The van der Waals surface area contributed by atoms with Crippen LogP contribution in [0.1, 0.15) is 30.0 Å². The van der Waals surface area contributed by atoms with Crippen molar-refractivity contribution in [3.8, 4) is 5.75 Å². The van der Waals surface area contributed by atoms with Gasteiger partial charge in [0.15, 0.2) is 0 Å². The van der Waals surface area contributed by atoms with E-state index in [0.29, 0.717) is 38.3 Å². The first-order valence-corrected chi connectivity index (χ1v) is 10.6. The third kappa shape index (κ3) is 5.91. The fourth-order valence-corrected chi connectivity index (χ4v) is 3.88. The number of carbonyl (C=O) groups is 1. The maximum atomic E-state index is 12.7. The molecule has 2 heterocycles. The molecule has 0 spiro atoms. The van der Waals surface area contributed by atoms with Crippen molar-refractivity contribution in [2.45, 2.75) is 25.1 Å². The molecule has 1 amide bonds. The van der Waals surface area contributed by atoms with Gasteiger partial charge in [0.1, 0.15) is 11.6 Å². The van der Waals surface area contributed by atoms with E-state index in [0.717, 1.165) is 23.6 Å². The number of nitrogens with one attached hydrogen (secondary N) is 1. The molecule has 32 heavy (non-hydrogen) atoms. The maximum Gasteiger partial charge on any atom is 0.417 e. The molecule has 1 N–H and O–H groups in total. The summed E-state index contributed by atoms with van der Waals surface area (Å²) >= 11 is 0. The summed E-state index contributed by atoms with van der Waals surface area (Å²) in [4.78, 5) is 20.7. The molecule has 0 radical (unpaired) electrons. The number of methoxy groups -OCH3 is 1. The van der Waals surface area contributed by atoms with Crippen molar-refractivity contribution in [3.63, 3.8) is 0 Å². The molecule has 174 valence electrons. The number of alkyl halides is 3. The summed E-state index contributed by atoms with van der Waals surface area (Å²) in [5.41, 5.74) is 0.321. The minimum atomic E-state index is -4.40. The van der Waals surface area contributed by atoms with Gasteiger partial charge in [0.25, 0.3) is 0 Å². The van der Waals surface area contributed by atoms with Gasteiger partial charge in [-0.15, -0.1) is 0 Å². The van der Waals surface area contributed by atoms with Crippen LogP contribution in [-0.2, 0) is 11.0 Å². The van der Waals surface area contributed by atoms with Crippen molar-refractivity contribution >= 4 is 11.7 Å². The van der Waals surface area contributed by atoms with E-state index in [1.165, 1.54) is 6.07 Å². The van der Waals surface area contributed by atoms with Gasteiger partial charge < -0.3 is 19.9 Å². The number of likely N-dealkylation sites (N-methyl/N-ethyl adjacent to an activating group) is 1. The summed E-state index contributed by atoms with van der Waals surface area (Å²) in [6.45, 7) is 1.64. The number of halogens is 3. The first-order chi connectivity index (χ1) is 15.2. The minimum Gasteiger partial charge on any atom is -0.497 e. The molecule has 9 heteroatoms. The van der Waals surface area contributed by atoms with E-state index in [-0.39, 0.29) is 17.9 Å². The molecule has 1 fully saturated rings. The number of amides is 1. The van der Waals surface area contributed by atoms with Gasteiger partial charge in [-0.25, -0.2) is 4.98 Å². The van der Waals surface area contributed by atoms with E-state index in [9.17, 15) is 18.0 Å². The van der Waals surface area contributed by atoms with E-state index in [4.69, 9.17) is 4.74 Å². The van der Waals surface area contributed by atoms with Crippen molar-refractivity contribution < 1.29 is 22.7 Å². The van der Waals surface area contributed by atoms with Gasteiger partial charge in [0.2, 0.25) is 5.91 Å². The van der Waals surface area contributed by atoms with Gasteiger partial charge in [-0.1, -0.05) is 12.1 Å². The number of piperidine rings is 1. The fraction of sp³-hybridized carbons (Fsp3) is 0.478. The lowest BCUT2D eigenvalue weighted by molar-refractivity contribution is -0.137. The molecule has 1 aliphatic rings. The molecular weight excluding hydrogens is 421 g/mol. The van der Waals surface area contributed by atoms with Crippen molar-refractivity contribution in [1.82, 2.24) is 15.2 Å². The van der Waals surface area contributed by atoms with E-state index in [2.05, 4.69) is 15.2 Å². The summed E-state index contributed by atoms with van der Waals surface area (Å²) in [6, 6.07) is 10.2. The Labute approximate surface area is 186 Å². The zero-order valence-corrected chi connectivity index (χ0v) is 18.5. The van der Waals surface area contributed by atoms with Gasteiger partial charge >= 0.3 is 6.18 Å². The number of pyridine rings is 1. The summed E-state index contributed by atoms with van der Waals surface area (Å²) in [5, 5.41) is 3.07. The molecule has 1 aromatic carbocycles. The van der Waals surface area contributed by atoms with Gasteiger partial charge in [-0.2, -0.15) is 13.2 Å². The molecule has 0 aliphatic carbocycles. The van der Waals surface area contributed by atoms with Gasteiger partial charge in [-0.3, -0.25) is 4.79 Å². The number of hydrogen-bond donors (Lipinski definition) is 1. The lowest BCUT2D eigenvalue weighted by Crippen LogP contribution is -2.43. The van der Waals surface area contributed by atoms with Gasteiger partial charge in [0.05, 0.1) is 18.7 Å². The highest BCUT2D eigenvalue weighted by Crippen LogP contribution is 2.30. The van der Waals surface area contributed by atoms with Crippen LogP contribution in [0.4, 0.5) is 19.0 Å². The fourth-order valence-electron chi connectivity index (χ4n) is 3.88. The number of hydrogen-bond acceptors (Lipinski definition) is 5. The van der Waals surface area contributed by atoms with Gasteiger partial charge in [-0.05, 0) is 56.8 Å². The predicted octanol–water partition coefficient (Wildman–Crippen LogP) is 3.74. The Morgan fingerprint density at radius 1 is 1.19 bits per heavy atom. The lowest BCUT2D eigenvalue weighted by Gasteiger charge is -2.33. The molecule has 1 atom stereocenters. The Hall–Kier alpha value is -2.81. The van der Waals surface area contributed by atoms with E-state index in [1.54, 1.807) is 7.11 Å². The molecule has 1 aromatic heterocycles. The number of carbonyl (C=O) groups excluding carboxylic acids is 1. The molecule has 6 nitrogen and oxygen atoms in total. The van der Waals surface area contributed by atoms with Crippen LogP contribution in [0.2, 0.25) is 0 Å². The maximum absolute atomic E-state index is 12.7. The second-order valence-corrected chi connectivity index (χ2v) is 8.16. The van der Waals surface area contributed by atoms with Crippen molar-refractivity contribution in [2.24, 2.45) is 5.92 Å². The van der Waals surface area contributed by atoms with Crippen LogP contribution < -0.4 is 15.0 Å². The molecule has 0 saturated carbocycles. The number of nitrogens with zero attached hydrogens (tertiary/aromatic N) is 3. The average molecular weight is 451 g/mol. The Bertz CT molecular complexity index is 878. The molecule has 2 aromatic rings. The highest BCUT2D eigenvalue weighted by Gasteiger charge is 2.31. The van der Waals surface area contributed by atoms with Crippen molar-refractivity contribution in [3.05, 3.63) is 53.7 Å². The number of anilines is 1. The monoisotopic (exact) mass is 450 g/mol. The largest absolute Gasteiger partial charge is 0.497 e. The second-order valence-electron chi connectivity index (χ2n) is 8.16.